The van der Waals surface area contributed by atoms with Gasteiger partial charge in [0.2, 0.25) is 0 Å². The summed E-state index contributed by atoms with van der Waals surface area (Å²) in [4.78, 5) is 0. The molecule has 0 spiro atoms. The molecule has 0 aliphatic rings. The average Bonchev–Trinajstić information content (AvgIpc) is 1.94. The summed E-state index contributed by atoms with van der Waals surface area (Å²) in [6, 6.07) is 5.26. The molecular weight excluding hydrogens is 146 g/mol. The molecule has 0 fully saturated rings. The molecule has 0 heterocycles. The molecular formula is C8H9ClN. The normalized spacial score (nSPS) is 9.80. The molecule has 1 N–H and O–H groups in total. The van der Waals surface area contributed by atoms with E-state index in [2.05, 4.69) is 0 Å². The summed E-state index contributed by atoms with van der Waals surface area (Å²) in [5.41, 5.74) is 8.86. The molecule has 0 aliphatic carbocycles. The highest BCUT2D eigenvalue weighted by Crippen LogP contribution is 2.19. The molecule has 0 aliphatic heterocycles. The highest BCUT2D eigenvalue weighted by Gasteiger charge is 1.96. The second-order valence-corrected chi connectivity index (χ2v) is 2.57. The molecule has 2 heteroatoms. The van der Waals surface area contributed by atoms with Gasteiger partial charge in [0.15, 0.2) is 0 Å². The third-order valence-corrected chi connectivity index (χ3v) is 1.80. The average molecular weight is 155 g/mol. The Kier molecular flexibility index (Phi) is 2.17. The molecule has 1 aromatic carbocycles. The second kappa shape index (κ2) is 2.93. The van der Waals surface area contributed by atoms with Gasteiger partial charge in [-0.25, -0.2) is 0 Å². The summed E-state index contributed by atoms with van der Waals surface area (Å²) in [5.74, 6) is 0. The van der Waals surface area contributed by atoms with E-state index in [0.717, 1.165) is 17.0 Å². The Morgan fingerprint density at radius 1 is 1.50 bits per heavy atom. The highest BCUT2D eigenvalue weighted by atomic mass is 35.5. The number of hydrogen-bond acceptors (Lipinski definition) is 0. The number of benzene rings is 1. The van der Waals surface area contributed by atoms with Crippen LogP contribution in [-0.4, -0.2) is 0 Å². The molecule has 0 unspecified atom stereocenters. The lowest BCUT2D eigenvalue weighted by Gasteiger charge is -1.99. The lowest BCUT2D eigenvalue weighted by Crippen LogP contribution is -1.81. The van der Waals surface area contributed by atoms with Crippen LogP contribution < -0.4 is 5.73 Å². The molecule has 1 rings (SSSR count). The maximum atomic E-state index is 7.28. The van der Waals surface area contributed by atoms with Crippen molar-refractivity contribution in [2.45, 2.75) is 13.3 Å². The zero-order valence-electron chi connectivity index (χ0n) is 5.82. The van der Waals surface area contributed by atoms with E-state index in [1.807, 2.05) is 6.92 Å². The third kappa shape index (κ3) is 1.42. The Morgan fingerprint density at radius 2 is 2.20 bits per heavy atom. The maximum Gasteiger partial charge on any atom is 0.0543 e. The fourth-order valence-electron chi connectivity index (χ4n) is 0.846. The fraction of sp³-hybridized carbons (Fsp3) is 0.250. The Labute approximate surface area is 65.8 Å². The summed E-state index contributed by atoms with van der Waals surface area (Å²) >= 11 is 5.81. The van der Waals surface area contributed by atoms with Gasteiger partial charge in [-0.15, -0.1) is 0 Å². The summed E-state index contributed by atoms with van der Waals surface area (Å²) < 4.78 is 0. The van der Waals surface area contributed by atoms with Crippen LogP contribution in [0.2, 0.25) is 5.02 Å². The zero-order chi connectivity index (χ0) is 7.56. The van der Waals surface area contributed by atoms with E-state index in [-0.39, 0.29) is 0 Å². The molecule has 0 bridgehead atoms. The van der Waals surface area contributed by atoms with Gasteiger partial charge in [-0.1, -0.05) is 18.5 Å². The Hall–Kier alpha value is -0.690. The highest BCUT2D eigenvalue weighted by molar-refractivity contribution is 6.31. The molecule has 1 radical (unpaired) electrons. The largest absolute Gasteiger partial charge is 0.301 e. The van der Waals surface area contributed by atoms with Gasteiger partial charge >= 0.3 is 0 Å². The first-order valence-electron chi connectivity index (χ1n) is 3.24. The number of halogens is 1. The van der Waals surface area contributed by atoms with E-state index in [0.29, 0.717) is 5.69 Å². The van der Waals surface area contributed by atoms with Gasteiger partial charge in [-0.3, -0.25) is 0 Å². The third-order valence-electron chi connectivity index (χ3n) is 1.43. The number of hydrogen-bond donors (Lipinski definition) is 0. The first kappa shape index (κ1) is 7.42. The SMILES string of the molecule is CCc1cc([NH])ccc1Cl. The van der Waals surface area contributed by atoms with E-state index in [1.165, 1.54) is 0 Å². The van der Waals surface area contributed by atoms with Crippen LogP contribution in [0.4, 0.5) is 5.69 Å². The lowest BCUT2D eigenvalue weighted by molar-refractivity contribution is 1.14. The van der Waals surface area contributed by atoms with Crippen LogP contribution in [0.5, 0.6) is 0 Å². The van der Waals surface area contributed by atoms with Crippen LogP contribution in [0.1, 0.15) is 12.5 Å². The van der Waals surface area contributed by atoms with Crippen LogP contribution in [0.15, 0.2) is 18.2 Å². The molecule has 1 aromatic rings. The minimum absolute atomic E-state index is 0.529. The molecule has 1 nitrogen and oxygen atoms in total. The van der Waals surface area contributed by atoms with Crippen LogP contribution in [-0.2, 0) is 6.42 Å². The van der Waals surface area contributed by atoms with Crippen LogP contribution >= 0.6 is 11.6 Å². The Morgan fingerprint density at radius 3 is 2.70 bits per heavy atom. The first-order valence-corrected chi connectivity index (χ1v) is 3.62. The summed E-state index contributed by atoms with van der Waals surface area (Å²) in [6.45, 7) is 2.03. The summed E-state index contributed by atoms with van der Waals surface area (Å²) in [5, 5.41) is 0.763. The van der Waals surface area contributed by atoms with Gasteiger partial charge in [0.1, 0.15) is 0 Å². The molecule has 53 valence electrons. The van der Waals surface area contributed by atoms with Gasteiger partial charge in [0, 0.05) is 5.02 Å². The first-order chi connectivity index (χ1) is 4.74. The van der Waals surface area contributed by atoms with Crippen molar-refractivity contribution in [1.82, 2.24) is 5.73 Å². The van der Waals surface area contributed by atoms with Crippen LogP contribution in [0, 0.1) is 0 Å². The van der Waals surface area contributed by atoms with Gasteiger partial charge in [0.25, 0.3) is 0 Å². The van der Waals surface area contributed by atoms with Crippen LogP contribution in [0.3, 0.4) is 0 Å². The molecule has 0 saturated carbocycles. The maximum absolute atomic E-state index is 7.28. The van der Waals surface area contributed by atoms with E-state index in [4.69, 9.17) is 17.3 Å². The quantitative estimate of drug-likeness (QED) is 0.594. The predicted octanol–water partition coefficient (Wildman–Crippen LogP) is 2.82. The molecule has 0 aromatic heterocycles. The van der Waals surface area contributed by atoms with E-state index >= 15 is 0 Å². The van der Waals surface area contributed by atoms with E-state index in [1.54, 1.807) is 18.2 Å². The van der Waals surface area contributed by atoms with E-state index in [9.17, 15) is 0 Å². The topological polar surface area (TPSA) is 23.8 Å². The molecule has 0 saturated heterocycles. The van der Waals surface area contributed by atoms with Gasteiger partial charge in [-0.05, 0) is 30.2 Å². The predicted molar refractivity (Wildman–Crippen MR) is 43.6 cm³/mol. The molecule has 10 heavy (non-hydrogen) atoms. The minimum Gasteiger partial charge on any atom is -0.301 e. The van der Waals surface area contributed by atoms with Crippen molar-refractivity contribution in [3.63, 3.8) is 0 Å². The van der Waals surface area contributed by atoms with Crippen molar-refractivity contribution in [2.75, 3.05) is 0 Å². The van der Waals surface area contributed by atoms with Gasteiger partial charge in [0.05, 0.1) is 5.69 Å². The van der Waals surface area contributed by atoms with E-state index < -0.39 is 0 Å². The Balaban J connectivity index is 3.09. The van der Waals surface area contributed by atoms with Crippen molar-refractivity contribution >= 4 is 17.3 Å². The summed E-state index contributed by atoms with van der Waals surface area (Å²) in [7, 11) is 0. The summed E-state index contributed by atoms with van der Waals surface area (Å²) in [6.07, 6.45) is 0.894. The van der Waals surface area contributed by atoms with Gasteiger partial charge < -0.3 is 5.73 Å². The molecule has 0 atom stereocenters. The van der Waals surface area contributed by atoms with Crippen molar-refractivity contribution < 1.29 is 0 Å². The van der Waals surface area contributed by atoms with Crippen molar-refractivity contribution in [3.05, 3.63) is 28.8 Å². The van der Waals surface area contributed by atoms with Crippen molar-refractivity contribution in [2.24, 2.45) is 0 Å². The minimum atomic E-state index is 0.529. The fourth-order valence-corrected chi connectivity index (χ4v) is 1.10. The number of nitrogens with one attached hydrogen (secondary N) is 1. The lowest BCUT2D eigenvalue weighted by atomic mass is 10.1. The monoisotopic (exact) mass is 154 g/mol. The number of aryl methyl sites for hydroxylation is 1. The van der Waals surface area contributed by atoms with Crippen molar-refractivity contribution in [1.29, 1.82) is 0 Å². The molecule has 0 amide bonds. The smallest absolute Gasteiger partial charge is 0.0543 e. The zero-order valence-corrected chi connectivity index (χ0v) is 6.57. The Bertz CT molecular complexity index is 233. The van der Waals surface area contributed by atoms with Crippen LogP contribution in [0.25, 0.3) is 0 Å². The second-order valence-electron chi connectivity index (χ2n) is 2.16. The van der Waals surface area contributed by atoms with Gasteiger partial charge in [-0.2, -0.15) is 0 Å². The standard InChI is InChI=1S/C8H9ClN/c1-2-6-5-7(10)3-4-8(6)9/h3-5,10H,2H2,1H3. The number of rotatable bonds is 1. The van der Waals surface area contributed by atoms with Crippen molar-refractivity contribution in [3.8, 4) is 0 Å².